The third-order valence-electron chi connectivity index (χ3n) is 3.51. The Bertz CT molecular complexity index is 666. The SMILES string of the molecule is CC1(C)C(=O)Nc2cc(-c3cnn(PI)c3)ccc21. The van der Waals surface area contributed by atoms with Crippen molar-refractivity contribution >= 4 is 40.0 Å². The number of hydrogen-bond donors (Lipinski definition) is 1. The Morgan fingerprint density at radius 2 is 2.16 bits per heavy atom. The van der Waals surface area contributed by atoms with Crippen LogP contribution >= 0.6 is 28.4 Å². The van der Waals surface area contributed by atoms with Crippen molar-refractivity contribution < 1.29 is 4.79 Å². The summed E-state index contributed by atoms with van der Waals surface area (Å²) in [5, 5.41) is 7.24. The van der Waals surface area contributed by atoms with Gasteiger partial charge in [0.1, 0.15) is 0 Å². The van der Waals surface area contributed by atoms with Gasteiger partial charge in [0.25, 0.3) is 0 Å². The summed E-state index contributed by atoms with van der Waals surface area (Å²) >= 11 is 2.29. The van der Waals surface area contributed by atoms with E-state index in [1.807, 2.05) is 42.8 Å². The molecule has 1 amide bonds. The summed E-state index contributed by atoms with van der Waals surface area (Å²) in [6.45, 7) is 3.89. The van der Waals surface area contributed by atoms with E-state index in [0.29, 0.717) is 6.37 Å². The number of anilines is 1. The van der Waals surface area contributed by atoms with Crippen LogP contribution in [-0.4, -0.2) is 15.5 Å². The molecule has 6 heteroatoms. The van der Waals surface area contributed by atoms with Crippen LogP contribution in [0.2, 0.25) is 0 Å². The van der Waals surface area contributed by atoms with E-state index in [1.165, 1.54) is 0 Å². The largest absolute Gasteiger partial charge is 0.325 e. The standard InChI is InChI=1S/C13H13IN3OP/c1-13(2)10-4-3-8(5-11(10)16-12(13)18)9-6-15-17(7-9)19-14/h3-7,19H,1-2H3,(H,16,18). The van der Waals surface area contributed by atoms with E-state index in [4.69, 9.17) is 0 Å². The summed E-state index contributed by atoms with van der Waals surface area (Å²) in [4.78, 5) is 11.9. The third kappa shape index (κ3) is 2.09. The zero-order chi connectivity index (χ0) is 13.6. The van der Waals surface area contributed by atoms with Crippen molar-refractivity contribution in [2.24, 2.45) is 0 Å². The first-order valence-corrected chi connectivity index (χ1v) is 9.96. The zero-order valence-electron chi connectivity index (χ0n) is 10.6. The van der Waals surface area contributed by atoms with Crippen LogP contribution < -0.4 is 5.32 Å². The number of halogens is 1. The van der Waals surface area contributed by atoms with Gasteiger partial charge < -0.3 is 5.32 Å². The predicted octanol–water partition coefficient (Wildman–Crippen LogP) is 3.57. The lowest BCUT2D eigenvalue weighted by Crippen LogP contribution is -2.26. The van der Waals surface area contributed by atoms with Crippen LogP contribution in [0, 0.1) is 0 Å². The molecule has 1 aromatic heterocycles. The molecule has 1 aromatic carbocycles. The van der Waals surface area contributed by atoms with Crippen LogP contribution in [0.15, 0.2) is 30.6 Å². The second-order valence-corrected chi connectivity index (χ2v) is 7.17. The number of hydrogen-bond acceptors (Lipinski definition) is 2. The number of amides is 1. The monoisotopic (exact) mass is 385 g/mol. The fourth-order valence-corrected chi connectivity index (χ4v) is 3.37. The van der Waals surface area contributed by atoms with Crippen molar-refractivity contribution in [2.75, 3.05) is 5.32 Å². The third-order valence-corrected chi connectivity index (χ3v) is 5.41. The van der Waals surface area contributed by atoms with Gasteiger partial charge in [0.05, 0.1) is 18.0 Å². The number of carbonyl (C=O) groups excluding carboxylic acids is 1. The summed E-state index contributed by atoms with van der Waals surface area (Å²) in [5.41, 5.74) is 3.69. The van der Waals surface area contributed by atoms with Crippen molar-refractivity contribution in [2.45, 2.75) is 19.3 Å². The highest BCUT2D eigenvalue weighted by Gasteiger charge is 2.38. The van der Waals surface area contributed by atoms with Crippen molar-refractivity contribution in [3.8, 4) is 11.1 Å². The van der Waals surface area contributed by atoms with E-state index in [2.05, 4.69) is 38.5 Å². The topological polar surface area (TPSA) is 46.9 Å². The smallest absolute Gasteiger partial charge is 0.234 e. The van der Waals surface area contributed by atoms with Gasteiger partial charge in [-0.15, -0.1) is 0 Å². The van der Waals surface area contributed by atoms with Crippen LogP contribution in [0.1, 0.15) is 19.4 Å². The van der Waals surface area contributed by atoms with E-state index in [0.717, 1.165) is 22.4 Å². The van der Waals surface area contributed by atoms with E-state index in [1.54, 1.807) is 0 Å². The first-order valence-electron chi connectivity index (χ1n) is 5.90. The lowest BCUT2D eigenvalue weighted by Gasteiger charge is -2.14. The Morgan fingerprint density at radius 1 is 1.37 bits per heavy atom. The minimum absolute atomic E-state index is 0.0593. The quantitative estimate of drug-likeness (QED) is 0.635. The Morgan fingerprint density at radius 3 is 2.84 bits per heavy atom. The molecule has 1 atom stereocenters. The average molecular weight is 385 g/mol. The first-order chi connectivity index (χ1) is 9.02. The van der Waals surface area contributed by atoms with Crippen LogP contribution in [0.5, 0.6) is 0 Å². The highest BCUT2D eigenvalue weighted by atomic mass is 127. The van der Waals surface area contributed by atoms with Crippen LogP contribution in [0.4, 0.5) is 5.69 Å². The van der Waals surface area contributed by atoms with Gasteiger partial charge in [-0.3, -0.25) is 4.79 Å². The molecule has 2 aromatic rings. The Hall–Kier alpha value is -0.940. The predicted molar refractivity (Wildman–Crippen MR) is 87.1 cm³/mol. The minimum Gasteiger partial charge on any atom is -0.325 e. The molecular weight excluding hydrogens is 372 g/mol. The maximum absolute atomic E-state index is 11.9. The molecule has 1 aliphatic heterocycles. The van der Waals surface area contributed by atoms with E-state index in [-0.39, 0.29) is 5.91 Å². The molecule has 98 valence electrons. The number of nitrogens with zero attached hydrogens (tertiary/aromatic N) is 2. The molecule has 0 saturated heterocycles. The van der Waals surface area contributed by atoms with Gasteiger partial charge in [-0.1, -0.05) is 12.1 Å². The van der Waals surface area contributed by atoms with Crippen molar-refractivity contribution in [1.82, 2.24) is 9.55 Å². The van der Waals surface area contributed by atoms with Gasteiger partial charge in [0.2, 0.25) is 5.91 Å². The molecule has 0 saturated carbocycles. The van der Waals surface area contributed by atoms with Gasteiger partial charge >= 0.3 is 0 Å². The molecule has 1 unspecified atom stereocenters. The number of fused-ring (bicyclic) bond motifs is 1. The van der Waals surface area contributed by atoms with Crippen LogP contribution in [0.25, 0.3) is 11.1 Å². The summed E-state index contributed by atoms with van der Waals surface area (Å²) in [6.07, 6.45) is 4.47. The normalized spacial score (nSPS) is 16.9. The second-order valence-electron chi connectivity index (χ2n) is 5.10. The molecule has 2 heterocycles. The Labute approximate surface area is 126 Å². The molecule has 19 heavy (non-hydrogen) atoms. The number of nitrogens with one attached hydrogen (secondary N) is 1. The van der Waals surface area contributed by atoms with Crippen LogP contribution in [-0.2, 0) is 10.2 Å². The molecule has 1 aliphatic rings. The van der Waals surface area contributed by atoms with Gasteiger partial charge in [-0.25, -0.2) is 4.45 Å². The molecule has 3 rings (SSSR count). The molecule has 0 fully saturated rings. The summed E-state index contributed by atoms with van der Waals surface area (Å²) in [6, 6.07) is 6.12. The molecule has 0 aliphatic carbocycles. The Balaban J connectivity index is 2.04. The maximum Gasteiger partial charge on any atom is 0.234 e. The lowest BCUT2D eigenvalue weighted by atomic mass is 9.85. The molecule has 4 nitrogen and oxygen atoms in total. The van der Waals surface area contributed by atoms with Gasteiger partial charge in [-0.2, -0.15) is 5.10 Å². The number of carbonyl (C=O) groups is 1. The van der Waals surface area contributed by atoms with Gasteiger partial charge in [0.15, 0.2) is 0 Å². The highest BCUT2D eigenvalue weighted by Crippen LogP contribution is 2.39. The lowest BCUT2D eigenvalue weighted by molar-refractivity contribution is -0.119. The summed E-state index contributed by atoms with van der Waals surface area (Å²) < 4.78 is 1.91. The molecule has 0 spiro atoms. The average Bonchev–Trinajstić information content (AvgIpc) is 2.94. The molecular formula is C13H13IN3OP. The number of aromatic nitrogens is 2. The molecule has 0 radical (unpaired) electrons. The van der Waals surface area contributed by atoms with Gasteiger partial charge in [-0.05, 0) is 53.1 Å². The fraction of sp³-hybridized carbons (Fsp3) is 0.231. The summed E-state index contributed by atoms with van der Waals surface area (Å²) in [7, 11) is 0. The van der Waals surface area contributed by atoms with Crippen LogP contribution in [0.3, 0.4) is 0 Å². The fourth-order valence-electron chi connectivity index (χ4n) is 2.29. The molecule has 1 N–H and O–H groups in total. The van der Waals surface area contributed by atoms with Crippen molar-refractivity contribution in [1.29, 1.82) is 0 Å². The first kappa shape index (κ1) is 13.1. The number of benzene rings is 1. The van der Waals surface area contributed by atoms with Crippen molar-refractivity contribution in [3.05, 3.63) is 36.2 Å². The van der Waals surface area contributed by atoms with E-state index < -0.39 is 5.41 Å². The summed E-state index contributed by atoms with van der Waals surface area (Å²) in [5.74, 6) is 0.0593. The number of rotatable bonds is 2. The highest BCUT2D eigenvalue weighted by molar-refractivity contribution is 14.2. The molecule has 0 bridgehead atoms. The van der Waals surface area contributed by atoms with Gasteiger partial charge in [0, 0.05) is 17.4 Å². The maximum atomic E-state index is 11.9. The second kappa shape index (κ2) is 4.56. The van der Waals surface area contributed by atoms with E-state index >= 15 is 0 Å². The van der Waals surface area contributed by atoms with Crippen molar-refractivity contribution in [3.63, 3.8) is 0 Å². The zero-order valence-corrected chi connectivity index (χ0v) is 13.7. The van der Waals surface area contributed by atoms with E-state index in [9.17, 15) is 4.79 Å². The Kier molecular flexibility index (Phi) is 3.14. The minimum atomic E-state index is -0.443.